The summed E-state index contributed by atoms with van der Waals surface area (Å²) in [6.45, 7) is 1.51. The first-order valence-electron chi connectivity index (χ1n) is 10.9. The molecule has 0 saturated carbocycles. The molecule has 0 bridgehead atoms. The second-order valence-electron chi connectivity index (χ2n) is 8.09. The quantitative estimate of drug-likeness (QED) is 0.492. The van der Waals surface area contributed by atoms with Gasteiger partial charge < -0.3 is 15.2 Å². The zero-order valence-electron chi connectivity index (χ0n) is 18.6. The van der Waals surface area contributed by atoms with Crippen molar-refractivity contribution in [3.8, 4) is 5.75 Å². The molecule has 0 spiro atoms. The molecule has 0 amide bonds. The number of carboxylic acid groups (broad SMARTS) is 1. The lowest BCUT2D eigenvalue weighted by atomic mass is 9.74. The summed E-state index contributed by atoms with van der Waals surface area (Å²) < 4.78 is 5.30. The number of anilines is 3. The van der Waals surface area contributed by atoms with Crippen LogP contribution in [0.5, 0.6) is 5.75 Å². The molecule has 0 radical (unpaired) electrons. The number of carboxylic acids is 1. The largest absolute Gasteiger partial charge is 0.497 e. The molecule has 0 atom stereocenters. The van der Waals surface area contributed by atoms with Crippen LogP contribution in [0.1, 0.15) is 24.8 Å². The summed E-state index contributed by atoms with van der Waals surface area (Å²) in [7, 11) is 1.64. The molecule has 7 nitrogen and oxygen atoms in total. The smallest absolute Gasteiger partial charge is 0.309 e. The van der Waals surface area contributed by atoms with Crippen molar-refractivity contribution in [3.63, 3.8) is 0 Å². The number of nitrogens with zero attached hydrogens (tertiary/aromatic N) is 3. The first-order valence-corrected chi connectivity index (χ1v) is 10.9. The minimum atomic E-state index is -0.687. The number of hydrogen-bond acceptors (Lipinski definition) is 6. The Kier molecular flexibility index (Phi) is 8.25. The van der Waals surface area contributed by atoms with E-state index in [2.05, 4.69) is 27.4 Å². The highest BCUT2D eigenvalue weighted by atomic mass is 35.5. The summed E-state index contributed by atoms with van der Waals surface area (Å²) in [6.07, 6.45) is 6.09. The number of aliphatic carboxylic acids is 1. The van der Waals surface area contributed by atoms with Crippen molar-refractivity contribution in [3.05, 3.63) is 72.6 Å². The van der Waals surface area contributed by atoms with Crippen LogP contribution >= 0.6 is 12.4 Å². The highest BCUT2D eigenvalue weighted by molar-refractivity contribution is 5.85. The SMILES string of the molecule is COc1ccc(N(c2cccc(CCC3(C(=O)O)CCNCC3)c2)c2ncccn2)cc1.Cl. The summed E-state index contributed by atoms with van der Waals surface area (Å²) >= 11 is 0. The molecular weight excluding hydrogens is 440 g/mol. The van der Waals surface area contributed by atoms with Crippen molar-refractivity contribution in [2.24, 2.45) is 5.41 Å². The first kappa shape index (κ1) is 24.5. The lowest BCUT2D eigenvalue weighted by molar-refractivity contribution is -0.151. The van der Waals surface area contributed by atoms with Crippen LogP contribution in [0, 0.1) is 5.41 Å². The third kappa shape index (κ3) is 5.61. The standard InChI is InChI=1S/C25H28N4O3.ClH/c1-32-22-8-6-20(7-9-22)29(24-27-14-3-15-28-24)21-5-2-4-19(18-21)10-11-25(23(30)31)12-16-26-17-13-25;/h2-9,14-15,18,26H,10-13,16-17H2,1H3,(H,30,31);1H. The van der Waals surface area contributed by atoms with E-state index in [1.807, 2.05) is 41.3 Å². The van der Waals surface area contributed by atoms with E-state index in [0.29, 0.717) is 31.6 Å². The minimum Gasteiger partial charge on any atom is -0.497 e. The molecule has 1 fully saturated rings. The molecule has 33 heavy (non-hydrogen) atoms. The van der Waals surface area contributed by atoms with Crippen LogP contribution in [0.15, 0.2) is 67.0 Å². The Balaban J connectivity index is 0.00000306. The fourth-order valence-corrected chi connectivity index (χ4v) is 4.23. The van der Waals surface area contributed by atoms with E-state index in [9.17, 15) is 9.90 Å². The van der Waals surface area contributed by atoms with E-state index in [1.165, 1.54) is 0 Å². The van der Waals surface area contributed by atoms with Gasteiger partial charge in [-0.1, -0.05) is 12.1 Å². The molecule has 1 aromatic heterocycles. The van der Waals surface area contributed by atoms with Gasteiger partial charge in [0.15, 0.2) is 0 Å². The number of rotatable bonds is 8. The molecule has 3 aromatic rings. The average Bonchev–Trinajstić information content (AvgIpc) is 2.85. The van der Waals surface area contributed by atoms with Crippen LogP contribution in [0.25, 0.3) is 0 Å². The normalized spacial score (nSPS) is 14.7. The number of hydrogen-bond donors (Lipinski definition) is 2. The number of ether oxygens (including phenoxy) is 1. The van der Waals surface area contributed by atoms with E-state index >= 15 is 0 Å². The number of nitrogens with one attached hydrogen (secondary N) is 1. The minimum absolute atomic E-state index is 0. The summed E-state index contributed by atoms with van der Waals surface area (Å²) in [5.74, 6) is 0.653. The predicted octanol–water partition coefficient (Wildman–Crippen LogP) is 4.76. The number of benzene rings is 2. The van der Waals surface area contributed by atoms with Crippen LogP contribution < -0.4 is 15.0 Å². The first-order chi connectivity index (χ1) is 15.6. The summed E-state index contributed by atoms with van der Waals surface area (Å²) in [5, 5.41) is 13.2. The Morgan fingerprint density at radius 3 is 2.39 bits per heavy atom. The van der Waals surface area contributed by atoms with Crippen molar-refractivity contribution >= 4 is 35.7 Å². The number of piperidine rings is 1. The van der Waals surface area contributed by atoms with Crippen molar-refractivity contribution < 1.29 is 14.6 Å². The number of halogens is 1. The highest BCUT2D eigenvalue weighted by Gasteiger charge is 2.39. The van der Waals surface area contributed by atoms with E-state index in [0.717, 1.165) is 35.8 Å². The van der Waals surface area contributed by atoms with Crippen LogP contribution in [-0.4, -0.2) is 41.2 Å². The Morgan fingerprint density at radius 2 is 1.76 bits per heavy atom. The van der Waals surface area contributed by atoms with Gasteiger partial charge in [-0.3, -0.25) is 9.69 Å². The Labute approximate surface area is 200 Å². The number of aryl methyl sites for hydroxylation is 1. The number of carbonyl (C=O) groups is 1. The second-order valence-corrected chi connectivity index (χ2v) is 8.09. The van der Waals surface area contributed by atoms with Crippen molar-refractivity contribution in [2.45, 2.75) is 25.7 Å². The average molecular weight is 469 g/mol. The van der Waals surface area contributed by atoms with Crippen LogP contribution in [0.4, 0.5) is 17.3 Å². The van der Waals surface area contributed by atoms with Gasteiger partial charge in [0.1, 0.15) is 5.75 Å². The fourth-order valence-electron chi connectivity index (χ4n) is 4.23. The zero-order valence-corrected chi connectivity index (χ0v) is 19.4. The Morgan fingerprint density at radius 1 is 1.06 bits per heavy atom. The Bertz CT molecular complexity index is 1040. The summed E-state index contributed by atoms with van der Waals surface area (Å²) in [5.41, 5.74) is 2.28. The molecule has 4 rings (SSSR count). The lowest BCUT2D eigenvalue weighted by Gasteiger charge is -2.33. The number of methoxy groups -OCH3 is 1. The summed E-state index contributed by atoms with van der Waals surface area (Å²) in [6, 6.07) is 17.7. The maximum absolute atomic E-state index is 12.0. The van der Waals surface area contributed by atoms with Crippen molar-refractivity contribution in [1.82, 2.24) is 15.3 Å². The zero-order chi connectivity index (χ0) is 22.4. The molecule has 1 aliphatic rings. The molecular formula is C25H29ClN4O3. The second kappa shape index (κ2) is 11.1. The fraction of sp³-hybridized carbons (Fsp3) is 0.320. The van der Waals surface area contributed by atoms with Gasteiger partial charge in [0.2, 0.25) is 5.95 Å². The van der Waals surface area contributed by atoms with Crippen molar-refractivity contribution in [2.75, 3.05) is 25.1 Å². The van der Waals surface area contributed by atoms with Crippen LogP contribution in [0.2, 0.25) is 0 Å². The van der Waals surface area contributed by atoms with Gasteiger partial charge in [0.25, 0.3) is 0 Å². The van der Waals surface area contributed by atoms with E-state index in [-0.39, 0.29) is 12.4 Å². The van der Waals surface area contributed by atoms with Gasteiger partial charge in [-0.25, -0.2) is 9.97 Å². The third-order valence-electron chi connectivity index (χ3n) is 6.16. The maximum atomic E-state index is 12.0. The maximum Gasteiger partial charge on any atom is 0.309 e. The predicted molar refractivity (Wildman–Crippen MR) is 131 cm³/mol. The van der Waals surface area contributed by atoms with Gasteiger partial charge in [-0.05, 0) is 86.8 Å². The molecule has 2 aromatic carbocycles. The van der Waals surface area contributed by atoms with Crippen LogP contribution in [-0.2, 0) is 11.2 Å². The Hall–Kier alpha value is -3.16. The lowest BCUT2D eigenvalue weighted by Crippen LogP contribution is -2.42. The molecule has 174 valence electrons. The molecule has 2 N–H and O–H groups in total. The molecule has 1 saturated heterocycles. The molecule has 2 heterocycles. The monoisotopic (exact) mass is 468 g/mol. The third-order valence-corrected chi connectivity index (χ3v) is 6.16. The molecule has 1 aliphatic heterocycles. The van der Waals surface area contributed by atoms with Gasteiger partial charge >= 0.3 is 5.97 Å². The molecule has 0 aliphatic carbocycles. The highest BCUT2D eigenvalue weighted by Crippen LogP contribution is 2.36. The van der Waals surface area contributed by atoms with Gasteiger partial charge in [-0.2, -0.15) is 0 Å². The topological polar surface area (TPSA) is 87.6 Å². The molecule has 0 unspecified atom stereocenters. The van der Waals surface area contributed by atoms with Crippen LogP contribution in [0.3, 0.4) is 0 Å². The van der Waals surface area contributed by atoms with Crippen molar-refractivity contribution in [1.29, 1.82) is 0 Å². The van der Waals surface area contributed by atoms with Gasteiger partial charge in [-0.15, -0.1) is 12.4 Å². The van der Waals surface area contributed by atoms with Gasteiger partial charge in [0.05, 0.1) is 12.5 Å². The summed E-state index contributed by atoms with van der Waals surface area (Å²) in [4.78, 5) is 22.9. The molecule has 8 heteroatoms. The van der Waals surface area contributed by atoms with Gasteiger partial charge in [0, 0.05) is 23.8 Å². The number of aromatic nitrogens is 2. The van der Waals surface area contributed by atoms with E-state index in [1.54, 1.807) is 25.6 Å². The van der Waals surface area contributed by atoms with E-state index < -0.39 is 11.4 Å². The van der Waals surface area contributed by atoms with E-state index in [4.69, 9.17) is 4.74 Å².